The van der Waals surface area contributed by atoms with Gasteiger partial charge in [0.1, 0.15) is 11.6 Å². The van der Waals surface area contributed by atoms with Crippen LogP contribution in [0.25, 0.3) is 11.0 Å². The molecule has 0 aliphatic carbocycles. The fraction of sp³-hybridized carbons (Fsp3) is 0.364. The van der Waals surface area contributed by atoms with E-state index in [-0.39, 0.29) is 28.4 Å². The molecule has 0 saturated carbocycles. The molecule has 0 radical (unpaired) electrons. The number of fused-ring (bicyclic) bond motifs is 1. The van der Waals surface area contributed by atoms with Crippen molar-refractivity contribution >= 4 is 40.2 Å². The molecule has 0 unspecified atom stereocenters. The molecular formula is C22H27F6N9S. The number of imidazole rings is 1. The van der Waals surface area contributed by atoms with Gasteiger partial charge < -0.3 is 15.2 Å². The molecule has 16 heteroatoms. The van der Waals surface area contributed by atoms with Gasteiger partial charge in [-0.15, -0.1) is 0 Å². The van der Waals surface area contributed by atoms with Crippen molar-refractivity contribution in [3.8, 4) is 0 Å². The van der Waals surface area contributed by atoms with Gasteiger partial charge in [-0.2, -0.15) is 31.4 Å². The number of H-pyrrole nitrogens is 2. The first-order chi connectivity index (χ1) is 17.9. The van der Waals surface area contributed by atoms with Crippen molar-refractivity contribution < 1.29 is 30.6 Å². The molecule has 5 rings (SSSR count). The van der Waals surface area contributed by atoms with Gasteiger partial charge in [0, 0.05) is 53.2 Å². The topological polar surface area (TPSA) is 102 Å². The smallest absolute Gasteiger partial charge is 0.354 e. The highest BCUT2D eigenvalue weighted by atomic mass is 32.2. The average molecular weight is 564 g/mol. The Morgan fingerprint density at radius 1 is 0.974 bits per heavy atom. The molecule has 1 aliphatic rings. The second kappa shape index (κ2) is 9.98. The molecule has 3 aromatic heterocycles. The van der Waals surface area contributed by atoms with Crippen LogP contribution in [0.2, 0.25) is 0 Å². The molecule has 9 nitrogen and oxygen atoms in total. The third-order valence-electron chi connectivity index (χ3n) is 5.68. The van der Waals surface area contributed by atoms with Gasteiger partial charge in [-0.25, -0.2) is 15.0 Å². The molecule has 38 heavy (non-hydrogen) atoms. The van der Waals surface area contributed by atoms with Crippen LogP contribution in [0, 0.1) is 6.92 Å². The molecular weight excluding hydrogens is 536 g/mol. The van der Waals surface area contributed by atoms with Crippen LogP contribution in [0.1, 0.15) is 15.8 Å². The normalized spacial score (nSPS) is 15.4. The molecule has 0 amide bonds. The number of anilines is 3. The van der Waals surface area contributed by atoms with Gasteiger partial charge in [-0.3, -0.25) is 10.00 Å². The Kier molecular flexibility index (Phi) is 6.85. The van der Waals surface area contributed by atoms with E-state index < -0.39 is 24.7 Å². The lowest BCUT2D eigenvalue weighted by molar-refractivity contribution is -0.146. The van der Waals surface area contributed by atoms with Crippen LogP contribution in [0.15, 0.2) is 40.4 Å². The molecule has 1 aliphatic heterocycles. The lowest BCUT2D eigenvalue weighted by Crippen LogP contribution is -2.49. The molecule has 4 aromatic rings. The molecule has 0 atom stereocenters. The predicted octanol–water partition coefficient (Wildman–Crippen LogP) is 5.72. The van der Waals surface area contributed by atoms with Crippen LogP contribution in [-0.4, -0.2) is 73.9 Å². The third-order valence-corrected chi connectivity index (χ3v) is 6.54. The van der Waals surface area contributed by atoms with Gasteiger partial charge in [-0.1, -0.05) is 0 Å². The van der Waals surface area contributed by atoms with Crippen LogP contribution in [0.4, 0.5) is 43.8 Å². The summed E-state index contributed by atoms with van der Waals surface area (Å²) in [7, 11) is 0. The lowest BCUT2D eigenvalue weighted by atomic mass is 10.3. The number of hydrogen-bond donors (Lipinski definition) is 3. The van der Waals surface area contributed by atoms with E-state index in [1.807, 2.05) is 11.8 Å². The molecule has 0 spiro atoms. The second-order valence-electron chi connectivity index (χ2n) is 8.70. The van der Waals surface area contributed by atoms with E-state index in [0.717, 1.165) is 17.5 Å². The molecule has 0 bridgehead atoms. The Labute approximate surface area is 220 Å². The minimum absolute atomic E-state index is 0. The standard InChI is InChI=1S/C22H21F6N9S.3H2/c1-12-8-17(35-34-12)31-16-10-18(37-6-4-36(5-7-37)11-21(23,24)25)33-20(32-16)38-13-2-3-14-15(9-13)30-19(29-14)22(26,27)28;;;/h2-3,8-10H,4-7,11H2,1H3,(H,29,30)(H2,31,32,33,34,35);3*1H. The number of nitrogens with zero attached hydrogens (tertiary/aromatic N) is 6. The highest BCUT2D eigenvalue weighted by Crippen LogP contribution is 2.33. The maximum absolute atomic E-state index is 13.0. The quantitative estimate of drug-likeness (QED) is 0.202. The first kappa shape index (κ1) is 26.1. The molecule has 208 valence electrons. The second-order valence-corrected chi connectivity index (χ2v) is 9.74. The van der Waals surface area contributed by atoms with Crippen molar-refractivity contribution in [1.82, 2.24) is 35.0 Å². The minimum Gasteiger partial charge on any atom is -0.354 e. The average Bonchev–Trinajstić information content (AvgIpc) is 3.44. The zero-order valence-electron chi connectivity index (χ0n) is 19.8. The molecule has 1 fully saturated rings. The van der Waals surface area contributed by atoms with Gasteiger partial charge in [0.2, 0.25) is 5.82 Å². The Morgan fingerprint density at radius 3 is 2.39 bits per heavy atom. The Balaban J connectivity index is 0.00000196. The lowest BCUT2D eigenvalue weighted by Gasteiger charge is -2.35. The van der Waals surface area contributed by atoms with E-state index in [1.54, 1.807) is 18.2 Å². The minimum atomic E-state index is -4.60. The summed E-state index contributed by atoms with van der Waals surface area (Å²) in [6.45, 7) is 1.96. The van der Waals surface area contributed by atoms with Crippen LogP contribution < -0.4 is 10.2 Å². The SMILES string of the molecule is Cc1cc(Nc2cc(N3CCN(CC(F)(F)F)CC3)nc(Sc3ccc4nc(C(F)(F)F)[nH]c4c3)n2)n[nH]1.[HH].[HH].[HH]. The number of aromatic amines is 2. The number of aromatic nitrogens is 6. The van der Waals surface area contributed by atoms with Gasteiger partial charge in [-0.05, 0) is 36.9 Å². The third kappa shape index (κ3) is 6.30. The predicted molar refractivity (Wildman–Crippen MR) is 135 cm³/mol. The van der Waals surface area contributed by atoms with Gasteiger partial charge in [0.15, 0.2) is 11.0 Å². The van der Waals surface area contributed by atoms with Crippen molar-refractivity contribution in [1.29, 1.82) is 0 Å². The summed E-state index contributed by atoms with van der Waals surface area (Å²) < 4.78 is 77.4. The number of halogens is 6. The Bertz CT molecular complexity index is 1440. The van der Waals surface area contributed by atoms with Crippen molar-refractivity contribution in [3.63, 3.8) is 0 Å². The fourth-order valence-corrected chi connectivity index (χ4v) is 4.79. The summed E-state index contributed by atoms with van der Waals surface area (Å²) in [5.41, 5.74) is 1.21. The highest BCUT2D eigenvalue weighted by Gasteiger charge is 2.35. The van der Waals surface area contributed by atoms with Crippen LogP contribution in [0.5, 0.6) is 0 Å². The Hall–Kier alpha value is -3.53. The number of aryl methyl sites for hydroxylation is 1. The summed E-state index contributed by atoms with van der Waals surface area (Å²) in [5, 5.41) is 10.3. The van der Waals surface area contributed by atoms with E-state index >= 15 is 0 Å². The summed E-state index contributed by atoms with van der Waals surface area (Å²) in [6, 6.07) is 8.07. The van der Waals surface area contributed by atoms with E-state index in [2.05, 4.69) is 35.5 Å². The van der Waals surface area contributed by atoms with Crippen molar-refractivity contribution in [2.45, 2.75) is 29.3 Å². The van der Waals surface area contributed by atoms with Crippen molar-refractivity contribution in [3.05, 3.63) is 41.9 Å². The van der Waals surface area contributed by atoms with Crippen LogP contribution in [-0.2, 0) is 6.18 Å². The number of hydrogen-bond acceptors (Lipinski definition) is 8. The number of rotatable bonds is 6. The summed E-state index contributed by atoms with van der Waals surface area (Å²) >= 11 is 1.13. The molecule has 1 aromatic carbocycles. The highest BCUT2D eigenvalue weighted by molar-refractivity contribution is 7.99. The van der Waals surface area contributed by atoms with Gasteiger partial charge in [0.05, 0.1) is 17.6 Å². The number of nitrogens with one attached hydrogen (secondary N) is 3. The summed E-state index contributed by atoms with van der Waals surface area (Å²) in [5.74, 6) is 0.338. The summed E-state index contributed by atoms with van der Waals surface area (Å²) in [6.07, 6.45) is -8.87. The van der Waals surface area contributed by atoms with Crippen LogP contribution in [0.3, 0.4) is 0 Å². The van der Waals surface area contributed by atoms with E-state index in [4.69, 9.17) is 0 Å². The largest absolute Gasteiger partial charge is 0.449 e. The number of benzene rings is 1. The molecule has 1 saturated heterocycles. The number of alkyl halides is 6. The van der Waals surface area contributed by atoms with Crippen molar-refractivity contribution in [2.75, 3.05) is 42.9 Å². The van der Waals surface area contributed by atoms with E-state index in [0.29, 0.717) is 40.6 Å². The monoisotopic (exact) mass is 563 g/mol. The maximum Gasteiger partial charge on any atom is 0.449 e. The fourth-order valence-electron chi connectivity index (χ4n) is 3.98. The van der Waals surface area contributed by atoms with Gasteiger partial charge in [0.25, 0.3) is 0 Å². The summed E-state index contributed by atoms with van der Waals surface area (Å²) in [4.78, 5) is 18.7. The maximum atomic E-state index is 13.0. The number of piperazine rings is 1. The molecule has 4 heterocycles. The van der Waals surface area contributed by atoms with E-state index in [9.17, 15) is 26.3 Å². The first-order valence-electron chi connectivity index (χ1n) is 11.4. The van der Waals surface area contributed by atoms with Crippen molar-refractivity contribution in [2.24, 2.45) is 0 Å². The van der Waals surface area contributed by atoms with E-state index in [1.165, 1.54) is 17.0 Å². The molecule has 3 N–H and O–H groups in total. The zero-order valence-corrected chi connectivity index (χ0v) is 20.6. The zero-order chi connectivity index (χ0) is 27.1. The van der Waals surface area contributed by atoms with Gasteiger partial charge >= 0.3 is 12.4 Å². The first-order valence-corrected chi connectivity index (χ1v) is 12.2. The Morgan fingerprint density at radius 2 is 1.74 bits per heavy atom. The van der Waals surface area contributed by atoms with Crippen LogP contribution >= 0.6 is 11.8 Å².